The van der Waals surface area contributed by atoms with E-state index in [0.29, 0.717) is 32.2 Å². The maximum absolute atomic E-state index is 13.0. The van der Waals surface area contributed by atoms with Crippen molar-refractivity contribution < 1.29 is 14.3 Å². The molecule has 2 saturated heterocycles. The first-order chi connectivity index (χ1) is 11.9. The monoisotopic (exact) mass is 365 g/mol. The summed E-state index contributed by atoms with van der Waals surface area (Å²) < 4.78 is 5.09. The highest BCUT2D eigenvalue weighted by molar-refractivity contribution is 7.13. The largest absolute Gasteiger partial charge is 0.383 e. The summed E-state index contributed by atoms with van der Waals surface area (Å²) in [7, 11) is 1.65. The fraction of sp³-hybridized carbons (Fsp3) is 0.722. The van der Waals surface area contributed by atoms with Gasteiger partial charge < -0.3 is 14.5 Å². The summed E-state index contributed by atoms with van der Waals surface area (Å²) in [4.78, 5) is 34.8. The minimum absolute atomic E-state index is 0.0296. The number of rotatable bonds is 5. The van der Waals surface area contributed by atoms with Crippen LogP contribution >= 0.6 is 11.3 Å². The number of amides is 2. The lowest BCUT2D eigenvalue weighted by atomic mass is 9.85. The molecule has 0 aromatic carbocycles. The van der Waals surface area contributed by atoms with Gasteiger partial charge in [0.2, 0.25) is 5.91 Å². The maximum atomic E-state index is 13.0. The molecule has 3 heterocycles. The summed E-state index contributed by atoms with van der Waals surface area (Å²) in [5, 5.41) is 0.998. The van der Waals surface area contributed by atoms with Gasteiger partial charge in [-0.2, -0.15) is 0 Å². The number of nitrogens with zero attached hydrogens (tertiary/aromatic N) is 3. The van der Waals surface area contributed by atoms with E-state index in [1.165, 1.54) is 11.3 Å². The van der Waals surface area contributed by atoms with Crippen molar-refractivity contribution in [2.24, 2.45) is 5.41 Å². The lowest BCUT2D eigenvalue weighted by Crippen LogP contribution is -2.39. The van der Waals surface area contributed by atoms with Crippen LogP contribution in [0.15, 0.2) is 0 Å². The summed E-state index contributed by atoms with van der Waals surface area (Å²) in [6, 6.07) is 0. The molecular weight excluding hydrogens is 338 g/mol. The number of likely N-dealkylation sites (tertiary alicyclic amines) is 2. The Balaban J connectivity index is 1.71. The molecule has 1 unspecified atom stereocenters. The molecule has 6 nitrogen and oxygen atoms in total. The number of hydrogen-bond acceptors (Lipinski definition) is 5. The van der Waals surface area contributed by atoms with Crippen LogP contribution in [0.5, 0.6) is 0 Å². The summed E-state index contributed by atoms with van der Waals surface area (Å²) in [5.74, 6) is 0.534. The third kappa shape index (κ3) is 3.31. The minimum atomic E-state index is -0.386. The van der Waals surface area contributed by atoms with Crippen LogP contribution in [-0.2, 0) is 9.53 Å². The normalized spacial score (nSPS) is 23.5. The molecule has 1 spiro atoms. The van der Waals surface area contributed by atoms with Gasteiger partial charge in [-0.05, 0) is 19.8 Å². The quantitative estimate of drug-likeness (QED) is 0.803. The second kappa shape index (κ2) is 7.03. The third-order valence-corrected chi connectivity index (χ3v) is 6.75. The Morgan fingerprint density at radius 1 is 1.36 bits per heavy atom. The molecule has 2 amide bonds. The summed E-state index contributed by atoms with van der Waals surface area (Å²) >= 11 is 1.49. The van der Waals surface area contributed by atoms with Crippen LogP contribution in [0.25, 0.3) is 0 Å². The molecule has 0 bridgehead atoms. The van der Waals surface area contributed by atoms with E-state index in [1.807, 2.05) is 16.7 Å². The second-order valence-electron chi connectivity index (χ2n) is 7.41. The molecule has 1 atom stereocenters. The number of ether oxygens (including phenoxy) is 1. The van der Waals surface area contributed by atoms with Gasteiger partial charge in [0.15, 0.2) is 0 Å². The lowest BCUT2D eigenvalue weighted by Gasteiger charge is -2.23. The molecule has 1 aromatic heterocycles. The molecule has 2 fully saturated rings. The molecule has 3 rings (SSSR count). The van der Waals surface area contributed by atoms with Gasteiger partial charge in [-0.25, -0.2) is 4.98 Å². The first-order valence-corrected chi connectivity index (χ1v) is 9.74. The lowest BCUT2D eigenvalue weighted by molar-refractivity contribution is -0.135. The Hall–Kier alpha value is -1.47. The number of aromatic nitrogens is 1. The minimum Gasteiger partial charge on any atom is -0.383 e. The fourth-order valence-electron chi connectivity index (χ4n) is 3.74. The van der Waals surface area contributed by atoms with Crippen molar-refractivity contribution in [3.05, 3.63) is 15.6 Å². The topological polar surface area (TPSA) is 62.7 Å². The highest BCUT2D eigenvalue weighted by Crippen LogP contribution is 2.41. The van der Waals surface area contributed by atoms with Gasteiger partial charge in [0.1, 0.15) is 4.88 Å². The number of carbonyl (C=O) groups is 2. The zero-order valence-corrected chi connectivity index (χ0v) is 16.3. The second-order valence-corrected chi connectivity index (χ2v) is 8.44. The van der Waals surface area contributed by atoms with Crippen LogP contribution in [0.4, 0.5) is 0 Å². The van der Waals surface area contributed by atoms with Gasteiger partial charge in [0, 0.05) is 39.2 Å². The zero-order valence-electron chi connectivity index (χ0n) is 15.5. The standard InChI is InChI=1S/C18H27N3O3S/c1-12(2)15-19-13(3)14(25-15)16(22)21-8-6-18(11-21)5-7-20(17(18)23)9-10-24-4/h12H,5-11H2,1-4H3. The molecule has 0 radical (unpaired) electrons. The van der Waals surface area contributed by atoms with Crippen LogP contribution in [-0.4, -0.2) is 66.5 Å². The van der Waals surface area contributed by atoms with Crippen molar-refractivity contribution in [2.45, 2.75) is 39.5 Å². The number of carbonyl (C=O) groups excluding carboxylic acids is 2. The molecule has 0 saturated carbocycles. The molecule has 0 aliphatic carbocycles. The SMILES string of the molecule is COCCN1CCC2(CCN(C(=O)c3sc(C(C)C)nc3C)C2)C1=O. The van der Waals surface area contributed by atoms with Crippen molar-refractivity contribution >= 4 is 23.2 Å². The van der Waals surface area contributed by atoms with Crippen molar-refractivity contribution in [1.82, 2.24) is 14.8 Å². The van der Waals surface area contributed by atoms with E-state index in [-0.39, 0.29) is 17.2 Å². The van der Waals surface area contributed by atoms with E-state index in [4.69, 9.17) is 4.74 Å². The van der Waals surface area contributed by atoms with Gasteiger partial charge in [-0.3, -0.25) is 9.59 Å². The van der Waals surface area contributed by atoms with Crippen LogP contribution in [0, 0.1) is 12.3 Å². The van der Waals surface area contributed by atoms with E-state index >= 15 is 0 Å². The van der Waals surface area contributed by atoms with Crippen molar-refractivity contribution in [2.75, 3.05) is 39.9 Å². The zero-order chi connectivity index (χ0) is 18.2. The average molecular weight is 365 g/mol. The Kier molecular flexibility index (Phi) is 5.16. The fourth-order valence-corrected chi connectivity index (χ4v) is 4.78. The molecule has 1 aromatic rings. The Morgan fingerprint density at radius 3 is 2.72 bits per heavy atom. The van der Waals surface area contributed by atoms with Crippen LogP contribution in [0.1, 0.15) is 53.0 Å². The highest BCUT2D eigenvalue weighted by atomic mass is 32.1. The molecule has 138 valence electrons. The number of thiazole rings is 1. The van der Waals surface area contributed by atoms with E-state index < -0.39 is 0 Å². The average Bonchev–Trinajstić information content (AvgIpc) is 3.26. The summed E-state index contributed by atoms with van der Waals surface area (Å²) in [6.45, 7) is 9.21. The highest BCUT2D eigenvalue weighted by Gasteiger charge is 2.51. The molecule has 2 aliphatic rings. The Bertz CT molecular complexity index is 673. The van der Waals surface area contributed by atoms with Crippen molar-refractivity contribution in [3.63, 3.8) is 0 Å². The van der Waals surface area contributed by atoms with Crippen LogP contribution in [0.2, 0.25) is 0 Å². The smallest absolute Gasteiger partial charge is 0.265 e. The van der Waals surface area contributed by atoms with Gasteiger partial charge in [0.25, 0.3) is 5.91 Å². The van der Waals surface area contributed by atoms with E-state index in [2.05, 4.69) is 18.8 Å². The third-order valence-electron chi connectivity index (χ3n) is 5.31. The van der Waals surface area contributed by atoms with Gasteiger partial charge >= 0.3 is 0 Å². The molecule has 0 N–H and O–H groups in total. The summed E-state index contributed by atoms with van der Waals surface area (Å²) in [5.41, 5.74) is 0.419. The van der Waals surface area contributed by atoms with Gasteiger partial charge in [-0.15, -0.1) is 11.3 Å². The van der Waals surface area contributed by atoms with Crippen molar-refractivity contribution in [1.29, 1.82) is 0 Å². The van der Waals surface area contributed by atoms with Crippen LogP contribution in [0.3, 0.4) is 0 Å². The van der Waals surface area contributed by atoms with Gasteiger partial charge in [-0.1, -0.05) is 13.8 Å². The van der Waals surface area contributed by atoms with E-state index in [0.717, 1.165) is 35.0 Å². The molecule has 25 heavy (non-hydrogen) atoms. The Morgan fingerprint density at radius 2 is 2.08 bits per heavy atom. The molecule has 2 aliphatic heterocycles. The van der Waals surface area contributed by atoms with E-state index in [9.17, 15) is 9.59 Å². The van der Waals surface area contributed by atoms with Crippen LogP contribution < -0.4 is 0 Å². The summed E-state index contributed by atoms with van der Waals surface area (Å²) in [6.07, 6.45) is 1.59. The predicted molar refractivity (Wildman–Crippen MR) is 97.0 cm³/mol. The first kappa shape index (κ1) is 18.3. The first-order valence-electron chi connectivity index (χ1n) is 8.93. The maximum Gasteiger partial charge on any atom is 0.265 e. The Labute approximate surface area is 153 Å². The molecular formula is C18H27N3O3S. The predicted octanol–water partition coefficient (Wildman–Crippen LogP) is 2.29. The van der Waals surface area contributed by atoms with Gasteiger partial charge in [0.05, 0.1) is 22.7 Å². The number of hydrogen-bond donors (Lipinski definition) is 0. The number of methoxy groups -OCH3 is 1. The van der Waals surface area contributed by atoms with E-state index in [1.54, 1.807) is 7.11 Å². The molecule has 7 heteroatoms. The van der Waals surface area contributed by atoms with Crippen molar-refractivity contribution in [3.8, 4) is 0 Å². The number of aryl methyl sites for hydroxylation is 1.